The fourth-order valence-corrected chi connectivity index (χ4v) is 2.81. The standard InChI is InChI=1S/C19H27N3O3/c1-5-6-9-12-22-15-11-8-7-10-14(15)17(21-22)18(23)20-16(13(2)3)19(24)25-4/h7-8,10-11,13,16H,5-6,9,12H2,1-4H3,(H,20,23). The van der Waals surface area contributed by atoms with Gasteiger partial charge in [-0.25, -0.2) is 4.79 Å². The molecule has 0 aliphatic carbocycles. The molecule has 1 amide bonds. The number of nitrogens with one attached hydrogen (secondary N) is 1. The van der Waals surface area contributed by atoms with E-state index in [0.717, 1.165) is 36.7 Å². The number of benzene rings is 1. The molecule has 0 saturated carbocycles. The maximum atomic E-state index is 12.7. The molecule has 1 heterocycles. The summed E-state index contributed by atoms with van der Waals surface area (Å²) in [6.45, 7) is 6.65. The minimum absolute atomic E-state index is 0.0747. The first-order chi connectivity index (χ1) is 12.0. The summed E-state index contributed by atoms with van der Waals surface area (Å²) in [5, 5.41) is 8.07. The van der Waals surface area contributed by atoms with Crippen molar-refractivity contribution in [1.82, 2.24) is 15.1 Å². The van der Waals surface area contributed by atoms with Crippen LogP contribution in [0.3, 0.4) is 0 Å². The summed E-state index contributed by atoms with van der Waals surface area (Å²) in [6, 6.07) is 6.98. The molecule has 0 aliphatic heterocycles. The minimum Gasteiger partial charge on any atom is -0.467 e. The summed E-state index contributed by atoms with van der Waals surface area (Å²) in [4.78, 5) is 24.6. The van der Waals surface area contributed by atoms with E-state index < -0.39 is 12.0 Å². The molecule has 0 aliphatic rings. The molecule has 25 heavy (non-hydrogen) atoms. The Bertz CT molecular complexity index is 737. The molecular weight excluding hydrogens is 318 g/mol. The molecular formula is C19H27N3O3. The Morgan fingerprint density at radius 2 is 1.96 bits per heavy atom. The molecule has 2 aromatic rings. The lowest BCUT2D eigenvalue weighted by Gasteiger charge is -2.19. The number of para-hydroxylation sites is 1. The molecule has 0 fully saturated rings. The number of rotatable bonds is 8. The molecule has 2 rings (SSSR count). The number of amides is 1. The topological polar surface area (TPSA) is 73.2 Å². The molecule has 1 atom stereocenters. The minimum atomic E-state index is -0.693. The highest BCUT2D eigenvalue weighted by atomic mass is 16.5. The maximum absolute atomic E-state index is 12.7. The predicted molar refractivity (Wildman–Crippen MR) is 97.4 cm³/mol. The zero-order valence-electron chi connectivity index (χ0n) is 15.4. The number of carbonyl (C=O) groups excluding carboxylic acids is 2. The zero-order valence-corrected chi connectivity index (χ0v) is 15.4. The van der Waals surface area contributed by atoms with Gasteiger partial charge in [-0.1, -0.05) is 51.8 Å². The van der Waals surface area contributed by atoms with E-state index in [1.165, 1.54) is 7.11 Å². The van der Waals surface area contributed by atoms with Gasteiger partial charge in [-0.05, 0) is 18.4 Å². The highest BCUT2D eigenvalue weighted by molar-refractivity contribution is 6.06. The first-order valence-electron chi connectivity index (χ1n) is 8.83. The van der Waals surface area contributed by atoms with Gasteiger partial charge >= 0.3 is 5.97 Å². The predicted octanol–water partition coefficient (Wildman–Crippen LogP) is 3.15. The smallest absolute Gasteiger partial charge is 0.328 e. The first-order valence-corrected chi connectivity index (χ1v) is 8.83. The third-order valence-corrected chi connectivity index (χ3v) is 4.25. The van der Waals surface area contributed by atoms with Crippen LogP contribution in [0.25, 0.3) is 10.9 Å². The van der Waals surface area contributed by atoms with Gasteiger partial charge in [0.1, 0.15) is 6.04 Å². The largest absolute Gasteiger partial charge is 0.467 e. The van der Waals surface area contributed by atoms with Gasteiger partial charge in [0.25, 0.3) is 5.91 Å². The van der Waals surface area contributed by atoms with Gasteiger partial charge in [0.15, 0.2) is 5.69 Å². The van der Waals surface area contributed by atoms with Crippen molar-refractivity contribution in [3.05, 3.63) is 30.0 Å². The lowest BCUT2D eigenvalue weighted by atomic mass is 10.0. The Morgan fingerprint density at radius 3 is 2.60 bits per heavy atom. The van der Waals surface area contributed by atoms with Crippen LogP contribution < -0.4 is 5.32 Å². The van der Waals surface area contributed by atoms with E-state index in [1.807, 2.05) is 42.8 Å². The fourth-order valence-electron chi connectivity index (χ4n) is 2.81. The van der Waals surface area contributed by atoms with Crippen molar-refractivity contribution in [2.75, 3.05) is 7.11 Å². The second kappa shape index (κ2) is 8.65. The molecule has 6 nitrogen and oxygen atoms in total. The maximum Gasteiger partial charge on any atom is 0.328 e. The monoisotopic (exact) mass is 345 g/mol. The van der Waals surface area contributed by atoms with E-state index in [0.29, 0.717) is 5.69 Å². The lowest BCUT2D eigenvalue weighted by molar-refractivity contribution is -0.144. The average Bonchev–Trinajstić information content (AvgIpc) is 2.98. The lowest BCUT2D eigenvalue weighted by Crippen LogP contribution is -2.45. The van der Waals surface area contributed by atoms with Crippen LogP contribution in [0.2, 0.25) is 0 Å². The SMILES string of the molecule is CCCCCn1nc(C(=O)NC(C(=O)OC)C(C)C)c2ccccc21. The van der Waals surface area contributed by atoms with Gasteiger partial charge in [0.05, 0.1) is 12.6 Å². The van der Waals surface area contributed by atoms with Gasteiger partial charge < -0.3 is 10.1 Å². The van der Waals surface area contributed by atoms with Crippen LogP contribution in [-0.4, -0.2) is 34.8 Å². The number of ether oxygens (including phenoxy) is 1. The van der Waals surface area contributed by atoms with E-state index in [2.05, 4.69) is 17.3 Å². The Morgan fingerprint density at radius 1 is 1.24 bits per heavy atom. The molecule has 0 bridgehead atoms. The van der Waals surface area contributed by atoms with Crippen LogP contribution in [0.1, 0.15) is 50.5 Å². The first kappa shape index (κ1) is 19.0. The van der Waals surface area contributed by atoms with E-state index >= 15 is 0 Å². The number of hydrogen-bond donors (Lipinski definition) is 1. The van der Waals surface area contributed by atoms with Crippen LogP contribution in [0.15, 0.2) is 24.3 Å². The molecule has 0 radical (unpaired) electrons. The molecule has 6 heteroatoms. The van der Waals surface area contributed by atoms with E-state index in [-0.39, 0.29) is 11.8 Å². The van der Waals surface area contributed by atoms with Crippen LogP contribution in [0.5, 0.6) is 0 Å². The van der Waals surface area contributed by atoms with Crippen molar-refractivity contribution in [2.45, 2.75) is 52.6 Å². The van der Waals surface area contributed by atoms with Crippen LogP contribution >= 0.6 is 0 Å². The van der Waals surface area contributed by atoms with Crippen molar-refractivity contribution >= 4 is 22.8 Å². The number of methoxy groups -OCH3 is 1. The highest BCUT2D eigenvalue weighted by Gasteiger charge is 2.27. The number of hydrogen-bond acceptors (Lipinski definition) is 4. The number of carbonyl (C=O) groups is 2. The molecule has 1 unspecified atom stereocenters. The number of nitrogens with zero attached hydrogens (tertiary/aromatic N) is 2. The van der Waals surface area contributed by atoms with Crippen molar-refractivity contribution in [3.8, 4) is 0 Å². The summed E-state index contributed by atoms with van der Waals surface area (Å²) in [5.41, 5.74) is 1.28. The molecule has 1 N–H and O–H groups in total. The quantitative estimate of drug-likeness (QED) is 0.589. The van der Waals surface area contributed by atoms with E-state index in [1.54, 1.807) is 0 Å². The summed E-state index contributed by atoms with van der Waals surface area (Å²) < 4.78 is 6.67. The molecule has 136 valence electrons. The van der Waals surface area contributed by atoms with Crippen molar-refractivity contribution < 1.29 is 14.3 Å². The summed E-state index contributed by atoms with van der Waals surface area (Å²) in [7, 11) is 1.32. The van der Waals surface area contributed by atoms with Gasteiger partial charge in [0, 0.05) is 11.9 Å². The number of esters is 1. The fraction of sp³-hybridized carbons (Fsp3) is 0.526. The number of fused-ring (bicyclic) bond motifs is 1. The third kappa shape index (κ3) is 4.38. The Labute approximate surface area is 148 Å². The third-order valence-electron chi connectivity index (χ3n) is 4.25. The second-order valence-electron chi connectivity index (χ2n) is 6.51. The summed E-state index contributed by atoms with van der Waals surface area (Å²) >= 11 is 0. The number of aromatic nitrogens is 2. The van der Waals surface area contributed by atoms with Gasteiger partial charge in [0.2, 0.25) is 0 Å². The van der Waals surface area contributed by atoms with Crippen LogP contribution in [0, 0.1) is 5.92 Å². The van der Waals surface area contributed by atoms with Crippen molar-refractivity contribution in [3.63, 3.8) is 0 Å². The average molecular weight is 345 g/mol. The summed E-state index contributed by atoms with van der Waals surface area (Å²) in [6.07, 6.45) is 3.26. The molecule has 0 saturated heterocycles. The van der Waals surface area contributed by atoms with E-state index in [4.69, 9.17) is 4.74 Å². The van der Waals surface area contributed by atoms with Gasteiger partial charge in [-0.2, -0.15) is 5.10 Å². The van der Waals surface area contributed by atoms with Crippen molar-refractivity contribution in [2.24, 2.45) is 5.92 Å². The molecule has 0 spiro atoms. The van der Waals surface area contributed by atoms with Crippen LogP contribution in [0.4, 0.5) is 0 Å². The van der Waals surface area contributed by atoms with Gasteiger partial charge in [-0.3, -0.25) is 9.48 Å². The molecule has 1 aromatic carbocycles. The Kier molecular flexibility index (Phi) is 6.56. The Balaban J connectivity index is 2.29. The van der Waals surface area contributed by atoms with Crippen molar-refractivity contribution in [1.29, 1.82) is 0 Å². The highest BCUT2D eigenvalue weighted by Crippen LogP contribution is 2.19. The second-order valence-corrected chi connectivity index (χ2v) is 6.51. The molecule has 1 aromatic heterocycles. The normalized spacial score (nSPS) is 12.4. The summed E-state index contributed by atoms with van der Waals surface area (Å²) in [5.74, 6) is -0.876. The van der Waals surface area contributed by atoms with Crippen LogP contribution in [-0.2, 0) is 16.1 Å². The van der Waals surface area contributed by atoms with Gasteiger partial charge in [-0.15, -0.1) is 0 Å². The Hall–Kier alpha value is -2.37. The zero-order chi connectivity index (χ0) is 18.4. The number of aryl methyl sites for hydroxylation is 1. The van der Waals surface area contributed by atoms with E-state index in [9.17, 15) is 9.59 Å². The number of unbranched alkanes of at least 4 members (excludes halogenated alkanes) is 2.